The normalized spacial score (nSPS) is 10.3. The van der Waals surface area contributed by atoms with E-state index in [9.17, 15) is 24.0 Å². The van der Waals surface area contributed by atoms with Crippen molar-refractivity contribution in [2.45, 2.75) is 0 Å². The molecular weight excluding hydrogens is 330 g/mol. The highest BCUT2D eigenvalue weighted by molar-refractivity contribution is 6.02. The van der Waals surface area contributed by atoms with E-state index < -0.39 is 35.2 Å². The van der Waals surface area contributed by atoms with E-state index >= 15 is 0 Å². The number of rotatable bonds is 5. The van der Waals surface area contributed by atoms with Crippen LogP contribution in [0.1, 0.15) is 31.1 Å². The summed E-state index contributed by atoms with van der Waals surface area (Å²) in [4.78, 5) is 58.5. The number of Topliss-reactive ketones (excluding diaryl/α,β-unsaturated/α-hetero) is 1. The number of nitrogens with two attached hydrogens (primary N) is 1. The number of nitrogen functional groups attached to an aromatic ring is 1. The molecule has 0 unspecified atom stereocenters. The van der Waals surface area contributed by atoms with Crippen molar-refractivity contribution in [3.8, 4) is 0 Å². The van der Waals surface area contributed by atoms with E-state index in [4.69, 9.17) is 10.5 Å². The third kappa shape index (κ3) is 3.39. The van der Waals surface area contributed by atoms with Crippen molar-refractivity contribution in [2.75, 3.05) is 12.3 Å². The van der Waals surface area contributed by atoms with Crippen molar-refractivity contribution in [3.05, 3.63) is 61.8 Å². The van der Waals surface area contributed by atoms with Gasteiger partial charge in [-0.15, -0.1) is 0 Å². The van der Waals surface area contributed by atoms with E-state index in [-0.39, 0.29) is 11.4 Å². The summed E-state index contributed by atoms with van der Waals surface area (Å²) in [7, 11) is 2.52. The second kappa shape index (κ2) is 6.95. The van der Waals surface area contributed by atoms with Crippen LogP contribution in [0.25, 0.3) is 0 Å². The number of benzene rings is 1. The molecule has 0 aliphatic rings. The Labute approximate surface area is 141 Å². The predicted octanol–water partition coefficient (Wildman–Crippen LogP) is -0.482. The van der Waals surface area contributed by atoms with Crippen LogP contribution in [0.15, 0.2) is 33.9 Å². The van der Waals surface area contributed by atoms with Crippen molar-refractivity contribution in [3.63, 3.8) is 0 Å². The second-order valence-electron chi connectivity index (χ2n) is 5.21. The van der Waals surface area contributed by atoms with Gasteiger partial charge in [0.15, 0.2) is 6.61 Å². The topological polar surface area (TPSA) is 130 Å². The fraction of sp³-hybridized carbons (Fsp3) is 0.188. The Hall–Kier alpha value is -3.49. The molecule has 2 N–H and O–H groups in total. The van der Waals surface area contributed by atoms with E-state index in [1.807, 2.05) is 0 Å². The number of nitrogens with zero attached hydrogens (tertiary/aromatic N) is 2. The van der Waals surface area contributed by atoms with Crippen LogP contribution in [0.3, 0.4) is 0 Å². The number of ketones is 1. The van der Waals surface area contributed by atoms with Gasteiger partial charge in [-0.05, 0) is 12.1 Å². The highest BCUT2D eigenvalue weighted by Crippen LogP contribution is 2.07. The van der Waals surface area contributed by atoms with Crippen LogP contribution in [0.2, 0.25) is 0 Å². The van der Waals surface area contributed by atoms with E-state index in [2.05, 4.69) is 0 Å². The Bertz CT molecular complexity index is 969. The van der Waals surface area contributed by atoms with E-state index in [0.717, 1.165) is 9.13 Å². The number of carbonyl (C=O) groups is 3. The van der Waals surface area contributed by atoms with Crippen LogP contribution in [0, 0.1) is 0 Å². The lowest BCUT2D eigenvalue weighted by molar-refractivity contribution is 0.0474. The molecule has 25 heavy (non-hydrogen) atoms. The number of anilines is 1. The Morgan fingerprint density at radius 3 is 2.28 bits per heavy atom. The highest BCUT2D eigenvalue weighted by atomic mass is 16.5. The lowest BCUT2D eigenvalue weighted by Crippen LogP contribution is -2.42. The number of ether oxygens (including phenoxy) is 1. The molecule has 2 aromatic rings. The van der Waals surface area contributed by atoms with Crippen LogP contribution >= 0.6 is 0 Å². The van der Waals surface area contributed by atoms with Crippen molar-refractivity contribution >= 4 is 23.9 Å². The minimum absolute atomic E-state index is 0.139. The summed E-state index contributed by atoms with van der Waals surface area (Å²) in [6.45, 7) is -0.716. The van der Waals surface area contributed by atoms with Crippen molar-refractivity contribution in [1.82, 2.24) is 9.13 Å². The van der Waals surface area contributed by atoms with Crippen molar-refractivity contribution in [1.29, 1.82) is 0 Å². The molecule has 1 aromatic heterocycles. The summed E-state index contributed by atoms with van der Waals surface area (Å²) in [5, 5.41) is 0. The zero-order valence-electron chi connectivity index (χ0n) is 13.5. The summed E-state index contributed by atoms with van der Waals surface area (Å²) in [5.41, 5.74) is 4.22. The largest absolute Gasteiger partial charge is 0.454 e. The number of hydrogen-bond acceptors (Lipinski definition) is 7. The molecule has 0 spiro atoms. The average Bonchev–Trinajstić information content (AvgIpc) is 2.63. The summed E-state index contributed by atoms with van der Waals surface area (Å²) < 4.78 is 6.56. The van der Waals surface area contributed by atoms with Gasteiger partial charge in [0.25, 0.3) is 5.56 Å². The highest BCUT2D eigenvalue weighted by Gasteiger charge is 2.21. The molecule has 130 valence electrons. The number of aldehydes is 1. The van der Waals surface area contributed by atoms with E-state index in [0.29, 0.717) is 11.8 Å². The van der Waals surface area contributed by atoms with Crippen LogP contribution < -0.4 is 17.0 Å². The van der Waals surface area contributed by atoms with Crippen LogP contribution in [-0.2, 0) is 18.8 Å². The molecule has 1 heterocycles. The summed E-state index contributed by atoms with van der Waals surface area (Å²) >= 11 is 0. The zero-order valence-corrected chi connectivity index (χ0v) is 13.5. The predicted molar refractivity (Wildman–Crippen MR) is 87.8 cm³/mol. The molecule has 0 atom stereocenters. The summed E-state index contributed by atoms with van der Waals surface area (Å²) in [6, 6.07) is 5.59. The molecule has 0 amide bonds. The Morgan fingerprint density at radius 2 is 1.72 bits per heavy atom. The lowest BCUT2D eigenvalue weighted by Gasteiger charge is -2.11. The third-order valence-corrected chi connectivity index (χ3v) is 3.61. The first-order chi connectivity index (χ1) is 11.8. The maximum atomic E-state index is 12.2. The smallest absolute Gasteiger partial charge is 0.338 e. The van der Waals surface area contributed by atoms with Gasteiger partial charge in [0.05, 0.1) is 5.56 Å². The maximum Gasteiger partial charge on any atom is 0.338 e. The fourth-order valence-corrected chi connectivity index (χ4v) is 2.11. The first kappa shape index (κ1) is 17.9. The summed E-state index contributed by atoms with van der Waals surface area (Å²) in [6.07, 6.45) is 0.622. The minimum Gasteiger partial charge on any atom is -0.454 e. The molecular formula is C16H15N3O6. The molecule has 0 radical (unpaired) electrons. The van der Waals surface area contributed by atoms with Gasteiger partial charge in [0.1, 0.15) is 17.7 Å². The SMILES string of the molecule is Cn1c(N)c(C(=O)COC(=O)c2ccc(C=O)cc2)c(=O)n(C)c1=O. The molecule has 0 bridgehead atoms. The molecule has 0 fully saturated rings. The first-order valence-electron chi connectivity index (χ1n) is 7.09. The average molecular weight is 345 g/mol. The Balaban J connectivity index is 2.20. The summed E-state index contributed by atoms with van der Waals surface area (Å²) in [5.74, 6) is -1.93. The van der Waals surface area contributed by atoms with Gasteiger partial charge in [-0.25, -0.2) is 9.59 Å². The van der Waals surface area contributed by atoms with Gasteiger partial charge in [-0.2, -0.15) is 0 Å². The quantitative estimate of drug-likeness (QED) is 0.440. The lowest BCUT2D eigenvalue weighted by atomic mass is 10.1. The molecule has 9 nitrogen and oxygen atoms in total. The second-order valence-corrected chi connectivity index (χ2v) is 5.21. The number of carbonyl (C=O) groups excluding carboxylic acids is 3. The monoisotopic (exact) mass is 345 g/mol. The number of esters is 1. The van der Waals surface area contributed by atoms with Gasteiger partial charge in [-0.3, -0.25) is 23.5 Å². The molecule has 0 saturated carbocycles. The molecule has 0 aliphatic carbocycles. The first-order valence-corrected chi connectivity index (χ1v) is 7.09. The standard InChI is InChI=1S/C16H15N3O6/c1-18-13(17)12(14(22)19(2)16(18)24)11(21)8-25-15(23)10-5-3-9(7-20)4-6-10/h3-7H,8,17H2,1-2H3. The number of hydrogen-bond donors (Lipinski definition) is 1. The Kier molecular flexibility index (Phi) is 4.97. The minimum atomic E-state index is -0.864. The van der Waals surface area contributed by atoms with Gasteiger partial charge in [-0.1, -0.05) is 12.1 Å². The molecule has 9 heteroatoms. The van der Waals surface area contributed by atoms with Crippen molar-refractivity contribution < 1.29 is 19.1 Å². The van der Waals surface area contributed by atoms with Gasteiger partial charge in [0.2, 0.25) is 5.78 Å². The van der Waals surface area contributed by atoms with Gasteiger partial charge < -0.3 is 10.5 Å². The van der Waals surface area contributed by atoms with Gasteiger partial charge >= 0.3 is 11.7 Å². The molecule has 0 saturated heterocycles. The maximum absolute atomic E-state index is 12.2. The zero-order chi connectivity index (χ0) is 18.7. The Morgan fingerprint density at radius 1 is 1.12 bits per heavy atom. The molecule has 1 aromatic carbocycles. The van der Waals surface area contributed by atoms with Crippen molar-refractivity contribution in [2.24, 2.45) is 14.1 Å². The van der Waals surface area contributed by atoms with Crippen LogP contribution in [0.4, 0.5) is 5.82 Å². The fourth-order valence-electron chi connectivity index (χ4n) is 2.11. The van der Waals surface area contributed by atoms with Crippen LogP contribution in [0.5, 0.6) is 0 Å². The number of aromatic nitrogens is 2. The van der Waals surface area contributed by atoms with Gasteiger partial charge in [0, 0.05) is 19.7 Å². The third-order valence-electron chi connectivity index (χ3n) is 3.61. The van der Waals surface area contributed by atoms with E-state index in [1.54, 1.807) is 0 Å². The molecule has 2 rings (SSSR count). The molecule has 0 aliphatic heterocycles. The van der Waals surface area contributed by atoms with Crippen LogP contribution in [-0.4, -0.2) is 33.8 Å². The van der Waals surface area contributed by atoms with E-state index in [1.165, 1.54) is 38.4 Å².